The van der Waals surface area contributed by atoms with Crippen molar-refractivity contribution < 1.29 is 0 Å². The van der Waals surface area contributed by atoms with Crippen LogP contribution in [0.15, 0.2) is 30.3 Å². The molecule has 0 spiro atoms. The maximum atomic E-state index is 2.34. The molecule has 0 radical (unpaired) electrons. The summed E-state index contributed by atoms with van der Waals surface area (Å²) in [6.07, 6.45) is 0. The van der Waals surface area contributed by atoms with Gasteiger partial charge in [0.25, 0.3) is 0 Å². The Hall–Kier alpha value is -1.56. The van der Waals surface area contributed by atoms with Gasteiger partial charge in [0.15, 0.2) is 0 Å². The van der Waals surface area contributed by atoms with Crippen molar-refractivity contribution in [3.05, 3.63) is 58.1 Å². The van der Waals surface area contributed by atoms with Crippen molar-refractivity contribution in [1.82, 2.24) is 0 Å². The van der Waals surface area contributed by atoms with E-state index in [9.17, 15) is 0 Å². The summed E-state index contributed by atoms with van der Waals surface area (Å²) in [5, 5.41) is 0. The zero-order valence-corrected chi connectivity index (χ0v) is 13.0. The number of benzene rings is 2. The molecule has 0 aromatic heterocycles. The monoisotopic (exact) mass is 252 g/mol. The zero-order valence-electron chi connectivity index (χ0n) is 13.0. The summed E-state index contributed by atoms with van der Waals surface area (Å²) in [7, 11) is 0. The molecule has 0 heterocycles. The van der Waals surface area contributed by atoms with Gasteiger partial charge in [0.05, 0.1) is 0 Å². The summed E-state index contributed by atoms with van der Waals surface area (Å²) in [4.78, 5) is 0. The summed E-state index contributed by atoms with van der Waals surface area (Å²) in [6, 6.07) is 11.5. The average Bonchev–Trinajstić information content (AvgIpc) is 2.26. The molecule has 0 aliphatic carbocycles. The van der Waals surface area contributed by atoms with Crippen LogP contribution in [0.3, 0.4) is 0 Å². The summed E-state index contributed by atoms with van der Waals surface area (Å²) < 4.78 is 0. The number of hydrogen-bond acceptors (Lipinski definition) is 0. The lowest BCUT2D eigenvalue weighted by atomic mass is 9.89. The maximum Gasteiger partial charge on any atom is -0.0125 e. The molecule has 0 aliphatic rings. The topological polar surface area (TPSA) is 0 Å². The van der Waals surface area contributed by atoms with Crippen molar-refractivity contribution in [2.75, 3.05) is 0 Å². The fraction of sp³-hybridized carbons (Fsp3) is 0.368. The number of hydrogen-bond donors (Lipinski definition) is 0. The van der Waals surface area contributed by atoms with Gasteiger partial charge in [-0.05, 0) is 61.4 Å². The van der Waals surface area contributed by atoms with E-state index in [-0.39, 0.29) is 0 Å². The molecule has 0 atom stereocenters. The Balaban J connectivity index is 2.62. The molecule has 2 aromatic rings. The molecule has 0 heteroatoms. The summed E-state index contributed by atoms with van der Waals surface area (Å²) in [5.74, 6) is 0.589. The third-order valence-corrected chi connectivity index (χ3v) is 3.73. The predicted molar refractivity (Wildman–Crippen MR) is 84.9 cm³/mol. The highest BCUT2D eigenvalue weighted by molar-refractivity contribution is 5.72. The summed E-state index contributed by atoms with van der Waals surface area (Å²) >= 11 is 0. The highest BCUT2D eigenvalue weighted by Crippen LogP contribution is 2.31. The van der Waals surface area contributed by atoms with Crippen molar-refractivity contribution in [1.29, 1.82) is 0 Å². The third-order valence-electron chi connectivity index (χ3n) is 3.73. The van der Waals surface area contributed by atoms with Crippen LogP contribution in [0.2, 0.25) is 0 Å². The molecule has 19 heavy (non-hydrogen) atoms. The first-order valence-electron chi connectivity index (χ1n) is 7.08. The largest absolute Gasteiger partial charge is 0.0587 e. The molecular formula is C19H24. The van der Waals surface area contributed by atoms with Gasteiger partial charge in [-0.2, -0.15) is 0 Å². The van der Waals surface area contributed by atoms with Gasteiger partial charge in [-0.25, -0.2) is 0 Å². The van der Waals surface area contributed by atoms with E-state index in [0.29, 0.717) is 5.92 Å². The summed E-state index contributed by atoms with van der Waals surface area (Å²) in [5.41, 5.74) is 9.62. The van der Waals surface area contributed by atoms with Crippen LogP contribution in [0.4, 0.5) is 0 Å². The van der Waals surface area contributed by atoms with Gasteiger partial charge in [0.2, 0.25) is 0 Å². The zero-order chi connectivity index (χ0) is 14.2. The highest BCUT2D eigenvalue weighted by atomic mass is 14.1. The lowest BCUT2D eigenvalue weighted by Gasteiger charge is -2.16. The minimum Gasteiger partial charge on any atom is -0.0587 e. The second kappa shape index (κ2) is 5.21. The Labute approximate surface area is 117 Å². The Morgan fingerprint density at radius 3 is 1.58 bits per heavy atom. The quantitative estimate of drug-likeness (QED) is 0.642. The molecule has 100 valence electrons. The van der Waals surface area contributed by atoms with E-state index in [2.05, 4.69) is 71.9 Å². The fourth-order valence-corrected chi connectivity index (χ4v) is 2.90. The van der Waals surface area contributed by atoms with Crippen LogP contribution in [0, 0.1) is 27.7 Å². The first-order valence-corrected chi connectivity index (χ1v) is 7.08. The van der Waals surface area contributed by atoms with E-state index in [1.54, 1.807) is 0 Å². The van der Waals surface area contributed by atoms with Gasteiger partial charge in [-0.3, -0.25) is 0 Å². The lowest BCUT2D eigenvalue weighted by molar-refractivity contribution is 0.863. The van der Waals surface area contributed by atoms with E-state index in [4.69, 9.17) is 0 Å². The smallest absolute Gasteiger partial charge is 0.0125 e. The number of rotatable bonds is 2. The van der Waals surface area contributed by atoms with Crippen molar-refractivity contribution >= 4 is 0 Å². The standard InChI is InChI=1S/C19H24/c1-12(2)17-10-15(5)19(16(6)11-17)18-8-13(3)7-14(4)9-18/h7-12H,1-6H3. The van der Waals surface area contributed by atoms with Crippen molar-refractivity contribution in [3.8, 4) is 11.1 Å². The molecular weight excluding hydrogens is 228 g/mol. The van der Waals surface area contributed by atoms with Gasteiger partial charge in [0.1, 0.15) is 0 Å². The maximum absolute atomic E-state index is 2.34. The molecule has 0 aliphatic heterocycles. The van der Waals surface area contributed by atoms with Gasteiger partial charge >= 0.3 is 0 Å². The minimum absolute atomic E-state index is 0.589. The Kier molecular flexibility index (Phi) is 3.80. The predicted octanol–water partition coefficient (Wildman–Crippen LogP) is 5.71. The van der Waals surface area contributed by atoms with Gasteiger partial charge in [-0.15, -0.1) is 0 Å². The van der Waals surface area contributed by atoms with Crippen LogP contribution in [0.25, 0.3) is 11.1 Å². The van der Waals surface area contributed by atoms with Gasteiger partial charge < -0.3 is 0 Å². The van der Waals surface area contributed by atoms with Gasteiger partial charge in [-0.1, -0.05) is 55.3 Å². The van der Waals surface area contributed by atoms with Crippen LogP contribution in [0.5, 0.6) is 0 Å². The van der Waals surface area contributed by atoms with Crippen LogP contribution in [-0.4, -0.2) is 0 Å². The fourth-order valence-electron chi connectivity index (χ4n) is 2.90. The van der Waals surface area contributed by atoms with E-state index in [0.717, 1.165) is 0 Å². The molecule has 2 aromatic carbocycles. The van der Waals surface area contributed by atoms with Crippen molar-refractivity contribution in [3.63, 3.8) is 0 Å². The van der Waals surface area contributed by atoms with E-state index in [1.807, 2.05) is 0 Å². The lowest BCUT2D eigenvalue weighted by Crippen LogP contribution is -1.95. The molecule has 0 N–H and O–H groups in total. The van der Waals surface area contributed by atoms with E-state index in [1.165, 1.54) is 38.9 Å². The van der Waals surface area contributed by atoms with Crippen LogP contribution in [-0.2, 0) is 0 Å². The molecule has 2 rings (SSSR count). The second-order valence-corrected chi connectivity index (χ2v) is 6.06. The molecule has 0 unspecified atom stereocenters. The Morgan fingerprint density at radius 2 is 1.16 bits per heavy atom. The first-order chi connectivity index (χ1) is 8.88. The molecule has 0 fully saturated rings. The second-order valence-electron chi connectivity index (χ2n) is 6.06. The van der Waals surface area contributed by atoms with Gasteiger partial charge in [0, 0.05) is 0 Å². The SMILES string of the molecule is Cc1cc(C)cc(-c2c(C)cc(C(C)C)cc2C)c1. The summed E-state index contributed by atoms with van der Waals surface area (Å²) in [6.45, 7) is 13.3. The average molecular weight is 252 g/mol. The van der Waals surface area contributed by atoms with E-state index >= 15 is 0 Å². The Bertz CT molecular complexity index is 560. The highest BCUT2D eigenvalue weighted by Gasteiger charge is 2.10. The minimum atomic E-state index is 0.589. The molecule has 0 amide bonds. The first kappa shape index (κ1) is 13.9. The van der Waals surface area contributed by atoms with Crippen LogP contribution >= 0.6 is 0 Å². The van der Waals surface area contributed by atoms with E-state index < -0.39 is 0 Å². The Morgan fingerprint density at radius 1 is 0.684 bits per heavy atom. The third kappa shape index (κ3) is 2.89. The van der Waals surface area contributed by atoms with Crippen LogP contribution < -0.4 is 0 Å². The molecule has 0 bridgehead atoms. The van der Waals surface area contributed by atoms with Crippen molar-refractivity contribution in [2.24, 2.45) is 0 Å². The van der Waals surface area contributed by atoms with Crippen molar-refractivity contribution in [2.45, 2.75) is 47.5 Å². The van der Waals surface area contributed by atoms with Crippen LogP contribution in [0.1, 0.15) is 47.6 Å². The number of aryl methyl sites for hydroxylation is 4. The molecule has 0 saturated heterocycles. The molecule has 0 saturated carbocycles. The normalized spacial score (nSPS) is 11.1. The molecule has 0 nitrogen and oxygen atoms in total.